The van der Waals surface area contributed by atoms with Crippen molar-refractivity contribution in [3.8, 4) is 0 Å². The lowest BCUT2D eigenvalue weighted by Gasteiger charge is -2.25. The fourth-order valence-electron chi connectivity index (χ4n) is 1.77. The van der Waals surface area contributed by atoms with Gasteiger partial charge in [-0.25, -0.2) is 0 Å². The van der Waals surface area contributed by atoms with Crippen LogP contribution in [0.3, 0.4) is 0 Å². The summed E-state index contributed by atoms with van der Waals surface area (Å²) in [5.41, 5.74) is 0. The molecule has 19 heavy (non-hydrogen) atoms. The number of rotatable bonds is 2. The molecular formula is C11H16N2O6. The molecule has 2 atom stereocenters. The van der Waals surface area contributed by atoms with Crippen molar-refractivity contribution in [3.63, 3.8) is 0 Å². The third kappa shape index (κ3) is 3.43. The molecule has 0 aromatic rings. The molecule has 1 saturated heterocycles. The van der Waals surface area contributed by atoms with Gasteiger partial charge in [0.25, 0.3) is 0 Å². The molecular weight excluding hydrogens is 256 g/mol. The van der Waals surface area contributed by atoms with Crippen LogP contribution in [-0.2, 0) is 28.7 Å². The second-order valence-electron chi connectivity index (χ2n) is 4.12. The fourth-order valence-corrected chi connectivity index (χ4v) is 1.77. The molecule has 8 nitrogen and oxygen atoms in total. The second kappa shape index (κ2) is 5.68. The molecule has 0 bridgehead atoms. The smallest absolute Gasteiger partial charge is 0.304 e. The Hall–Kier alpha value is -2.12. The van der Waals surface area contributed by atoms with E-state index in [0.29, 0.717) is 0 Å². The monoisotopic (exact) mass is 272 g/mol. The van der Waals surface area contributed by atoms with Gasteiger partial charge in [0, 0.05) is 27.7 Å². The van der Waals surface area contributed by atoms with Crippen molar-refractivity contribution in [2.45, 2.75) is 40.2 Å². The molecule has 0 aromatic carbocycles. The lowest BCUT2D eigenvalue weighted by molar-refractivity contribution is -0.183. The average Bonchev–Trinajstić information content (AvgIpc) is 2.56. The fraction of sp³-hybridized carbons (Fsp3) is 0.636. The van der Waals surface area contributed by atoms with Crippen molar-refractivity contribution in [3.05, 3.63) is 0 Å². The molecule has 8 heteroatoms. The van der Waals surface area contributed by atoms with Gasteiger partial charge >= 0.3 is 11.9 Å². The van der Waals surface area contributed by atoms with E-state index in [1.807, 2.05) is 0 Å². The number of ether oxygens (including phenoxy) is 2. The third-order valence-electron chi connectivity index (χ3n) is 2.55. The van der Waals surface area contributed by atoms with Crippen LogP contribution >= 0.6 is 0 Å². The van der Waals surface area contributed by atoms with Crippen LogP contribution in [0.5, 0.6) is 0 Å². The standard InChI is InChI=1S/C11H16N2O6/c1-6(14)12-5-13(7(2)15)11(19-9(4)17)10(12)18-8(3)16/h10-11H,5H2,1-4H3/t10-,11-/m1/s1. The highest BCUT2D eigenvalue weighted by Crippen LogP contribution is 2.23. The molecule has 1 rings (SSSR count). The van der Waals surface area contributed by atoms with Gasteiger partial charge in [0.15, 0.2) is 0 Å². The molecule has 0 N–H and O–H groups in total. The Morgan fingerprint density at radius 3 is 1.32 bits per heavy atom. The summed E-state index contributed by atoms with van der Waals surface area (Å²) in [6.45, 7) is 4.77. The number of nitrogens with zero attached hydrogens (tertiary/aromatic N) is 2. The van der Waals surface area contributed by atoms with E-state index in [-0.39, 0.29) is 6.67 Å². The molecule has 0 aliphatic carbocycles. The van der Waals surface area contributed by atoms with E-state index in [1.54, 1.807) is 0 Å². The van der Waals surface area contributed by atoms with Gasteiger partial charge in [0.2, 0.25) is 24.3 Å². The summed E-state index contributed by atoms with van der Waals surface area (Å²) in [6, 6.07) is 0. The summed E-state index contributed by atoms with van der Waals surface area (Å²) in [6.07, 6.45) is -2.24. The predicted octanol–water partition coefficient (Wildman–Crippen LogP) is -0.567. The van der Waals surface area contributed by atoms with Crippen LogP contribution in [0.25, 0.3) is 0 Å². The Bertz CT molecular complexity index is 383. The molecule has 0 aromatic heterocycles. The van der Waals surface area contributed by atoms with Crippen LogP contribution in [0.15, 0.2) is 0 Å². The highest BCUT2D eigenvalue weighted by Gasteiger charge is 2.47. The Labute approximate surface area is 110 Å². The van der Waals surface area contributed by atoms with Crippen molar-refractivity contribution in [1.29, 1.82) is 0 Å². The lowest BCUT2D eigenvalue weighted by atomic mass is 10.4. The van der Waals surface area contributed by atoms with E-state index >= 15 is 0 Å². The van der Waals surface area contributed by atoms with E-state index in [0.717, 1.165) is 9.80 Å². The average molecular weight is 272 g/mol. The van der Waals surface area contributed by atoms with E-state index in [1.165, 1.54) is 27.7 Å². The van der Waals surface area contributed by atoms with Crippen molar-refractivity contribution in [2.75, 3.05) is 6.67 Å². The Balaban J connectivity index is 3.06. The number of hydrogen-bond donors (Lipinski definition) is 0. The van der Waals surface area contributed by atoms with Crippen LogP contribution in [0, 0.1) is 0 Å². The van der Waals surface area contributed by atoms with Gasteiger partial charge in [-0.15, -0.1) is 0 Å². The van der Waals surface area contributed by atoms with Gasteiger partial charge < -0.3 is 9.47 Å². The maximum Gasteiger partial charge on any atom is 0.304 e. The molecule has 0 spiro atoms. The maximum absolute atomic E-state index is 11.5. The number of hydrogen-bond acceptors (Lipinski definition) is 6. The second-order valence-corrected chi connectivity index (χ2v) is 4.12. The van der Waals surface area contributed by atoms with Crippen molar-refractivity contribution >= 4 is 23.8 Å². The first-order valence-electron chi connectivity index (χ1n) is 5.63. The van der Waals surface area contributed by atoms with E-state index in [2.05, 4.69) is 0 Å². The Kier molecular flexibility index (Phi) is 4.47. The Morgan fingerprint density at radius 2 is 1.11 bits per heavy atom. The minimum absolute atomic E-state index is 0.0967. The quantitative estimate of drug-likeness (QED) is 0.625. The lowest BCUT2D eigenvalue weighted by Crippen LogP contribution is -2.45. The summed E-state index contributed by atoms with van der Waals surface area (Å²) >= 11 is 0. The molecule has 1 aliphatic heterocycles. The number of amides is 2. The van der Waals surface area contributed by atoms with Gasteiger partial charge in [-0.05, 0) is 0 Å². The van der Waals surface area contributed by atoms with Crippen molar-refractivity contribution < 1.29 is 28.7 Å². The third-order valence-corrected chi connectivity index (χ3v) is 2.55. The minimum atomic E-state index is -1.12. The number of carbonyl (C=O) groups excluding carboxylic acids is 4. The SMILES string of the molecule is CC(=O)O[C@@H]1[C@@H](OC(C)=O)N(C(C)=O)CN1C(C)=O. The minimum Gasteiger partial charge on any atom is -0.435 e. The van der Waals surface area contributed by atoms with Crippen LogP contribution in [0.2, 0.25) is 0 Å². The van der Waals surface area contributed by atoms with Crippen LogP contribution in [0.4, 0.5) is 0 Å². The van der Waals surface area contributed by atoms with E-state index in [9.17, 15) is 19.2 Å². The topological polar surface area (TPSA) is 93.2 Å². The van der Waals surface area contributed by atoms with Crippen LogP contribution < -0.4 is 0 Å². The summed E-state index contributed by atoms with van der Waals surface area (Å²) in [5.74, 6) is -2.07. The van der Waals surface area contributed by atoms with Crippen LogP contribution in [-0.4, -0.2) is 52.7 Å². The molecule has 0 unspecified atom stereocenters. The number of esters is 2. The molecule has 1 aliphatic rings. The first-order chi connectivity index (χ1) is 8.73. The first kappa shape index (κ1) is 14.9. The van der Waals surface area contributed by atoms with Crippen LogP contribution in [0.1, 0.15) is 27.7 Å². The van der Waals surface area contributed by atoms with Gasteiger partial charge in [-0.2, -0.15) is 0 Å². The zero-order chi connectivity index (χ0) is 14.7. The van der Waals surface area contributed by atoms with Gasteiger partial charge in [-0.1, -0.05) is 0 Å². The zero-order valence-corrected chi connectivity index (χ0v) is 11.2. The normalized spacial score (nSPS) is 22.1. The van der Waals surface area contributed by atoms with E-state index < -0.39 is 36.2 Å². The zero-order valence-electron chi connectivity index (χ0n) is 11.2. The molecule has 0 radical (unpaired) electrons. The van der Waals surface area contributed by atoms with Gasteiger partial charge in [0.1, 0.15) is 6.67 Å². The van der Waals surface area contributed by atoms with E-state index in [4.69, 9.17) is 9.47 Å². The molecule has 2 amide bonds. The predicted molar refractivity (Wildman–Crippen MR) is 61.0 cm³/mol. The molecule has 1 fully saturated rings. The largest absolute Gasteiger partial charge is 0.435 e. The molecule has 1 heterocycles. The van der Waals surface area contributed by atoms with Gasteiger partial charge in [0.05, 0.1) is 0 Å². The highest BCUT2D eigenvalue weighted by molar-refractivity contribution is 5.79. The summed E-state index contributed by atoms with van der Waals surface area (Å²) < 4.78 is 9.95. The van der Waals surface area contributed by atoms with Crippen molar-refractivity contribution in [2.24, 2.45) is 0 Å². The summed E-state index contributed by atoms with van der Waals surface area (Å²) in [7, 11) is 0. The number of carbonyl (C=O) groups is 4. The highest BCUT2D eigenvalue weighted by atomic mass is 16.6. The van der Waals surface area contributed by atoms with Crippen molar-refractivity contribution in [1.82, 2.24) is 9.80 Å². The van der Waals surface area contributed by atoms with Gasteiger partial charge in [-0.3, -0.25) is 29.0 Å². The maximum atomic E-state index is 11.5. The summed E-state index contributed by atoms with van der Waals surface area (Å²) in [5, 5.41) is 0. The molecule has 106 valence electrons. The molecule has 0 saturated carbocycles. The summed E-state index contributed by atoms with van der Waals surface area (Å²) in [4.78, 5) is 47.4. The first-order valence-corrected chi connectivity index (χ1v) is 5.63. The Morgan fingerprint density at radius 1 is 0.789 bits per heavy atom.